The minimum atomic E-state index is -0.553. The van der Waals surface area contributed by atoms with E-state index in [1.807, 2.05) is 0 Å². The zero-order valence-electron chi connectivity index (χ0n) is 15.2. The van der Waals surface area contributed by atoms with E-state index in [-0.39, 0.29) is 6.10 Å². The highest BCUT2D eigenvalue weighted by molar-refractivity contribution is 5.87. The number of hydrogen-bond donors (Lipinski definition) is 1. The first-order valence-electron chi connectivity index (χ1n) is 8.56. The number of carbonyl (C=O) groups excluding carboxylic acids is 1. The predicted molar refractivity (Wildman–Crippen MR) is 90.4 cm³/mol. The molecular formula is C19H34O3. The van der Waals surface area contributed by atoms with Crippen molar-refractivity contribution in [3.8, 4) is 0 Å². The maximum Gasteiger partial charge on any atom is 0.333 e. The van der Waals surface area contributed by atoms with Gasteiger partial charge in [0.2, 0.25) is 0 Å². The number of carbonyl (C=O) groups is 1. The molecule has 0 amide bonds. The molecule has 1 fully saturated rings. The molecule has 3 nitrogen and oxygen atoms in total. The van der Waals surface area contributed by atoms with E-state index >= 15 is 0 Å². The highest BCUT2D eigenvalue weighted by atomic mass is 16.6. The third kappa shape index (κ3) is 5.75. The van der Waals surface area contributed by atoms with Crippen LogP contribution in [-0.4, -0.2) is 23.3 Å². The van der Waals surface area contributed by atoms with E-state index in [0.717, 1.165) is 25.7 Å². The first kappa shape index (κ1) is 19.2. The summed E-state index contributed by atoms with van der Waals surface area (Å²) in [6.07, 6.45) is 2.74. The van der Waals surface area contributed by atoms with Crippen LogP contribution < -0.4 is 0 Å². The molecule has 1 rings (SSSR count). The lowest BCUT2D eigenvalue weighted by atomic mass is 9.68. The Balaban J connectivity index is 2.66. The zero-order valence-corrected chi connectivity index (χ0v) is 15.2. The van der Waals surface area contributed by atoms with E-state index in [4.69, 9.17) is 4.74 Å². The molecule has 4 unspecified atom stereocenters. The Morgan fingerprint density at radius 1 is 1.32 bits per heavy atom. The Hall–Kier alpha value is -0.830. The topological polar surface area (TPSA) is 46.5 Å². The molecule has 128 valence electrons. The molecule has 0 aliphatic heterocycles. The third-order valence-corrected chi connectivity index (χ3v) is 4.71. The van der Waals surface area contributed by atoms with Gasteiger partial charge in [0.15, 0.2) is 0 Å². The number of esters is 1. The molecule has 0 saturated heterocycles. The van der Waals surface area contributed by atoms with Crippen molar-refractivity contribution in [2.75, 3.05) is 0 Å². The SMILES string of the molecule is C=C(C)C(=O)OC1CCC(C(CC(C)(C)C)C(C)C)CC1O. The summed E-state index contributed by atoms with van der Waals surface area (Å²) in [6.45, 7) is 16.6. The van der Waals surface area contributed by atoms with Crippen LogP contribution in [-0.2, 0) is 9.53 Å². The summed E-state index contributed by atoms with van der Waals surface area (Å²) in [5.74, 6) is 1.32. The van der Waals surface area contributed by atoms with Gasteiger partial charge in [-0.05, 0) is 55.8 Å². The van der Waals surface area contributed by atoms with Crippen molar-refractivity contribution in [3.05, 3.63) is 12.2 Å². The fourth-order valence-electron chi connectivity index (χ4n) is 3.57. The van der Waals surface area contributed by atoms with E-state index in [1.165, 1.54) is 0 Å². The predicted octanol–water partition coefficient (Wildman–Crippen LogP) is 4.34. The van der Waals surface area contributed by atoms with Crippen LogP contribution in [0.2, 0.25) is 0 Å². The molecule has 0 spiro atoms. The average Bonchev–Trinajstić information content (AvgIpc) is 2.36. The van der Waals surface area contributed by atoms with Crippen LogP contribution in [0, 0.1) is 23.2 Å². The molecule has 1 aliphatic rings. The average molecular weight is 310 g/mol. The molecule has 0 heterocycles. The molecule has 4 atom stereocenters. The van der Waals surface area contributed by atoms with Gasteiger partial charge in [-0.2, -0.15) is 0 Å². The van der Waals surface area contributed by atoms with Gasteiger partial charge < -0.3 is 9.84 Å². The monoisotopic (exact) mass is 310 g/mol. The first-order chi connectivity index (χ1) is 10.0. The standard InChI is InChI=1S/C19H34O3/c1-12(2)15(11-19(5,6)7)14-8-9-17(16(20)10-14)22-18(21)13(3)4/h12,14-17,20H,3,8-11H2,1-2,4-7H3. The lowest BCUT2D eigenvalue weighted by Crippen LogP contribution is -2.40. The van der Waals surface area contributed by atoms with Crippen molar-refractivity contribution >= 4 is 5.97 Å². The highest BCUT2D eigenvalue weighted by Crippen LogP contribution is 2.41. The van der Waals surface area contributed by atoms with Gasteiger partial charge in [0.25, 0.3) is 0 Å². The van der Waals surface area contributed by atoms with Crippen LogP contribution in [0.15, 0.2) is 12.2 Å². The molecule has 1 saturated carbocycles. The molecule has 1 N–H and O–H groups in total. The van der Waals surface area contributed by atoms with Crippen LogP contribution in [0.4, 0.5) is 0 Å². The van der Waals surface area contributed by atoms with Crippen LogP contribution in [0.1, 0.15) is 67.2 Å². The summed E-state index contributed by atoms with van der Waals surface area (Å²) in [6, 6.07) is 0. The van der Waals surface area contributed by atoms with Gasteiger partial charge in [-0.3, -0.25) is 0 Å². The molecule has 1 aliphatic carbocycles. The van der Waals surface area contributed by atoms with Gasteiger partial charge in [-0.25, -0.2) is 4.79 Å². The van der Waals surface area contributed by atoms with Crippen LogP contribution in [0.5, 0.6) is 0 Å². The summed E-state index contributed by atoms with van der Waals surface area (Å²) < 4.78 is 5.37. The Kier molecular flexibility index (Phi) is 6.66. The van der Waals surface area contributed by atoms with E-state index in [2.05, 4.69) is 41.2 Å². The minimum Gasteiger partial charge on any atom is -0.456 e. The van der Waals surface area contributed by atoms with Crippen molar-refractivity contribution in [1.82, 2.24) is 0 Å². The lowest BCUT2D eigenvalue weighted by molar-refractivity contribution is -0.155. The zero-order chi connectivity index (χ0) is 17.1. The summed E-state index contributed by atoms with van der Waals surface area (Å²) >= 11 is 0. The molecule has 0 aromatic rings. The van der Waals surface area contributed by atoms with Gasteiger partial charge in [0.05, 0.1) is 6.10 Å². The maximum absolute atomic E-state index is 11.6. The second kappa shape index (κ2) is 7.63. The number of aliphatic hydroxyl groups is 1. The number of rotatable bonds is 5. The molecular weight excluding hydrogens is 276 g/mol. The maximum atomic E-state index is 11.6. The van der Waals surface area contributed by atoms with Gasteiger partial charge in [0.1, 0.15) is 6.10 Å². The molecule has 0 aromatic carbocycles. The second-order valence-corrected chi connectivity index (χ2v) is 8.54. The molecule has 22 heavy (non-hydrogen) atoms. The summed E-state index contributed by atoms with van der Waals surface area (Å²) in [7, 11) is 0. The normalized spacial score (nSPS) is 27.5. The fraction of sp³-hybridized carbons (Fsp3) is 0.842. The van der Waals surface area contributed by atoms with Crippen molar-refractivity contribution < 1.29 is 14.6 Å². The Bertz CT molecular complexity index is 392. The third-order valence-electron chi connectivity index (χ3n) is 4.71. The number of aliphatic hydroxyl groups excluding tert-OH is 1. The van der Waals surface area contributed by atoms with Gasteiger partial charge in [0, 0.05) is 5.57 Å². The minimum absolute atomic E-state index is 0.295. The highest BCUT2D eigenvalue weighted by Gasteiger charge is 2.37. The van der Waals surface area contributed by atoms with E-state index in [0.29, 0.717) is 28.7 Å². The Morgan fingerprint density at radius 2 is 1.91 bits per heavy atom. The van der Waals surface area contributed by atoms with E-state index in [9.17, 15) is 9.90 Å². The Labute approximate surface area is 136 Å². The van der Waals surface area contributed by atoms with Crippen LogP contribution in [0.3, 0.4) is 0 Å². The molecule has 3 heteroatoms. The van der Waals surface area contributed by atoms with Crippen molar-refractivity contribution in [2.24, 2.45) is 23.2 Å². The van der Waals surface area contributed by atoms with Crippen LogP contribution in [0.25, 0.3) is 0 Å². The second-order valence-electron chi connectivity index (χ2n) is 8.54. The Morgan fingerprint density at radius 3 is 2.32 bits per heavy atom. The van der Waals surface area contributed by atoms with Crippen molar-refractivity contribution in [2.45, 2.75) is 79.4 Å². The summed E-state index contributed by atoms with van der Waals surface area (Å²) in [4.78, 5) is 11.6. The summed E-state index contributed by atoms with van der Waals surface area (Å²) in [5, 5.41) is 10.4. The van der Waals surface area contributed by atoms with Gasteiger partial charge in [-0.1, -0.05) is 41.2 Å². The largest absolute Gasteiger partial charge is 0.456 e. The fourth-order valence-corrected chi connectivity index (χ4v) is 3.57. The molecule has 0 radical (unpaired) electrons. The number of ether oxygens (including phenoxy) is 1. The smallest absolute Gasteiger partial charge is 0.333 e. The van der Waals surface area contributed by atoms with Crippen molar-refractivity contribution in [1.29, 1.82) is 0 Å². The van der Waals surface area contributed by atoms with E-state index in [1.54, 1.807) is 6.92 Å². The first-order valence-corrected chi connectivity index (χ1v) is 8.56. The quantitative estimate of drug-likeness (QED) is 0.607. The molecule has 0 aromatic heterocycles. The number of hydrogen-bond acceptors (Lipinski definition) is 3. The van der Waals surface area contributed by atoms with Crippen LogP contribution >= 0.6 is 0 Å². The molecule has 0 bridgehead atoms. The lowest BCUT2D eigenvalue weighted by Gasteiger charge is -2.40. The van der Waals surface area contributed by atoms with Crippen molar-refractivity contribution in [3.63, 3.8) is 0 Å². The van der Waals surface area contributed by atoms with Gasteiger partial charge in [-0.15, -0.1) is 0 Å². The van der Waals surface area contributed by atoms with E-state index < -0.39 is 12.1 Å². The summed E-state index contributed by atoms with van der Waals surface area (Å²) in [5.41, 5.74) is 0.686. The van der Waals surface area contributed by atoms with Gasteiger partial charge >= 0.3 is 5.97 Å².